The largest absolute Gasteiger partial charge is 0.416 e. The highest BCUT2D eigenvalue weighted by molar-refractivity contribution is 6.52. The number of ether oxygens (including phenoxy) is 1. The number of halogens is 3. The number of nitrogens with zero attached hydrogens (tertiary/aromatic N) is 1. The average molecular weight is 301 g/mol. The number of anilines is 1. The number of carbonyl (C=O) groups is 2. The minimum Gasteiger partial charge on any atom is -0.380 e. The van der Waals surface area contributed by atoms with Gasteiger partial charge in [0.15, 0.2) is 0 Å². The number of rotatable bonds is 5. The van der Waals surface area contributed by atoms with E-state index in [1.165, 1.54) is 0 Å². The molecule has 0 radical (unpaired) electrons. The number of Topliss-reactive ketones (excluding diaryl/α,β-unsaturated/α-hetero) is 1. The van der Waals surface area contributed by atoms with E-state index >= 15 is 0 Å². The summed E-state index contributed by atoms with van der Waals surface area (Å²) in [7, 11) is 0. The van der Waals surface area contributed by atoms with Crippen LogP contribution in [0.1, 0.15) is 29.3 Å². The molecule has 1 aromatic carbocycles. The predicted octanol–water partition coefficient (Wildman–Crippen LogP) is 2.66. The first-order chi connectivity index (χ1) is 9.86. The first-order valence-electron chi connectivity index (χ1n) is 6.51. The third-order valence-electron chi connectivity index (χ3n) is 3.11. The number of ketones is 1. The van der Waals surface area contributed by atoms with Gasteiger partial charge in [-0.05, 0) is 24.6 Å². The molecule has 4 nitrogen and oxygen atoms in total. The van der Waals surface area contributed by atoms with Crippen LogP contribution in [0, 0.1) is 0 Å². The Morgan fingerprint density at radius 1 is 1.19 bits per heavy atom. The van der Waals surface area contributed by atoms with Crippen LogP contribution in [0.4, 0.5) is 18.9 Å². The number of fused-ring (bicyclic) bond motifs is 1. The maximum atomic E-state index is 12.6. The van der Waals surface area contributed by atoms with Crippen LogP contribution >= 0.6 is 0 Å². The topological polar surface area (TPSA) is 46.6 Å². The van der Waals surface area contributed by atoms with Gasteiger partial charge >= 0.3 is 6.18 Å². The van der Waals surface area contributed by atoms with Crippen molar-refractivity contribution in [3.8, 4) is 0 Å². The van der Waals surface area contributed by atoms with E-state index in [-0.39, 0.29) is 24.4 Å². The summed E-state index contributed by atoms with van der Waals surface area (Å²) in [6, 6.07) is 2.74. The van der Waals surface area contributed by atoms with E-state index in [1.807, 2.05) is 6.92 Å². The standard InChI is InChI=1S/C14H14F3NO3/c1-2-6-21-7-5-18-11-4-3-9(14(15,16)17)8-10(11)12(19)13(18)20/h3-4,8H,2,5-7H2,1H3. The quantitative estimate of drug-likeness (QED) is 0.620. The van der Waals surface area contributed by atoms with Crippen molar-refractivity contribution in [1.29, 1.82) is 0 Å². The molecule has 21 heavy (non-hydrogen) atoms. The molecule has 0 atom stereocenters. The lowest BCUT2D eigenvalue weighted by molar-refractivity contribution is -0.137. The zero-order valence-corrected chi connectivity index (χ0v) is 11.4. The first kappa shape index (κ1) is 15.5. The van der Waals surface area contributed by atoms with E-state index in [0.717, 1.165) is 29.5 Å². The zero-order valence-electron chi connectivity index (χ0n) is 11.4. The fourth-order valence-electron chi connectivity index (χ4n) is 2.10. The van der Waals surface area contributed by atoms with Crippen LogP contribution in [0.15, 0.2) is 18.2 Å². The van der Waals surface area contributed by atoms with Crippen molar-refractivity contribution in [2.45, 2.75) is 19.5 Å². The molecular weight excluding hydrogens is 287 g/mol. The fraction of sp³-hybridized carbons (Fsp3) is 0.429. The Morgan fingerprint density at radius 2 is 1.90 bits per heavy atom. The maximum absolute atomic E-state index is 12.6. The summed E-state index contributed by atoms with van der Waals surface area (Å²) >= 11 is 0. The Bertz CT molecular complexity index is 569. The molecule has 0 aliphatic carbocycles. The minimum absolute atomic E-state index is 0.142. The van der Waals surface area contributed by atoms with Crippen molar-refractivity contribution in [3.63, 3.8) is 0 Å². The number of alkyl halides is 3. The number of carbonyl (C=O) groups excluding carboxylic acids is 2. The first-order valence-corrected chi connectivity index (χ1v) is 6.51. The molecule has 0 bridgehead atoms. The van der Waals surface area contributed by atoms with Crippen molar-refractivity contribution in [1.82, 2.24) is 0 Å². The van der Waals surface area contributed by atoms with Crippen LogP contribution in [0.2, 0.25) is 0 Å². The maximum Gasteiger partial charge on any atom is 0.416 e. The van der Waals surface area contributed by atoms with Gasteiger partial charge in [0.05, 0.1) is 23.4 Å². The van der Waals surface area contributed by atoms with Crippen molar-refractivity contribution < 1.29 is 27.5 Å². The average Bonchev–Trinajstić information content (AvgIpc) is 2.67. The van der Waals surface area contributed by atoms with E-state index in [0.29, 0.717) is 6.61 Å². The van der Waals surface area contributed by atoms with Gasteiger partial charge in [0.2, 0.25) is 0 Å². The van der Waals surface area contributed by atoms with Gasteiger partial charge in [-0.2, -0.15) is 13.2 Å². The SMILES string of the molecule is CCCOCCN1C(=O)C(=O)c2cc(C(F)(F)F)ccc21. The van der Waals surface area contributed by atoms with E-state index in [9.17, 15) is 22.8 Å². The van der Waals surface area contributed by atoms with Crippen molar-refractivity contribution in [3.05, 3.63) is 29.3 Å². The monoisotopic (exact) mass is 301 g/mol. The Hall–Kier alpha value is -1.89. The third-order valence-corrected chi connectivity index (χ3v) is 3.11. The fourth-order valence-corrected chi connectivity index (χ4v) is 2.10. The normalized spacial score (nSPS) is 14.8. The molecule has 1 amide bonds. The van der Waals surface area contributed by atoms with Crippen LogP contribution in [0.25, 0.3) is 0 Å². The molecule has 114 valence electrons. The van der Waals surface area contributed by atoms with Gasteiger partial charge in [-0.25, -0.2) is 0 Å². The van der Waals surface area contributed by atoms with Gasteiger partial charge in [-0.3, -0.25) is 9.59 Å². The number of hydrogen-bond acceptors (Lipinski definition) is 3. The number of benzene rings is 1. The summed E-state index contributed by atoms with van der Waals surface area (Å²) in [4.78, 5) is 24.8. The van der Waals surface area contributed by atoms with Crippen LogP contribution in [-0.2, 0) is 15.7 Å². The van der Waals surface area contributed by atoms with Crippen LogP contribution in [0.3, 0.4) is 0 Å². The molecule has 1 aromatic rings. The Labute approximate surface area is 119 Å². The molecule has 0 fully saturated rings. The molecule has 1 aliphatic heterocycles. The van der Waals surface area contributed by atoms with Gasteiger partial charge < -0.3 is 9.64 Å². The molecule has 1 heterocycles. The van der Waals surface area contributed by atoms with Gasteiger partial charge in [0, 0.05) is 13.2 Å². The molecule has 0 N–H and O–H groups in total. The second-order valence-corrected chi connectivity index (χ2v) is 4.63. The highest BCUT2D eigenvalue weighted by Crippen LogP contribution is 2.35. The lowest BCUT2D eigenvalue weighted by atomic mass is 10.1. The molecule has 0 aromatic heterocycles. The van der Waals surface area contributed by atoms with E-state index < -0.39 is 23.4 Å². The molecule has 2 rings (SSSR count). The van der Waals surface area contributed by atoms with Crippen molar-refractivity contribution in [2.75, 3.05) is 24.7 Å². The molecule has 0 saturated heterocycles. The summed E-state index contributed by atoms with van der Waals surface area (Å²) in [5, 5.41) is 0. The summed E-state index contributed by atoms with van der Waals surface area (Å²) in [6.07, 6.45) is -3.73. The summed E-state index contributed by atoms with van der Waals surface area (Å²) in [5.41, 5.74) is -0.935. The molecule has 0 saturated carbocycles. The second-order valence-electron chi connectivity index (χ2n) is 4.63. The minimum atomic E-state index is -4.55. The molecule has 7 heteroatoms. The lowest BCUT2D eigenvalue weighted by Crippen LogP contribution is -2.32. The Kier molecular flexibility index (Phi) is 4.32. The van der Waals surface area contributed by atoms with Crippen molar-refractivity contribution in [2.24, 2.45) is 0 Å². The van der Waals surface area contributed by atoms with E-state index in [4.69, 9.17) is 4.74 Å². The highest BCUT2D eigenvalue weighted by Gasteiger charge is 2.39. The van der Waals surface area contributed by atoms with Crippen LogP contribution in [-0.4, -0.2) is 31.4 Å². The summed E-state index contributed by atoms with van der Waals surface area (Å²) in [6.45, 7) is 2.82. The van der Waals surface area contributed by atoms with Crippen LogP contribution < -0.4 is 4.90 Å². The molecule has 0 spiro atoms. The van der Waals surface area contributed by atoms with E-state index in [2.05, 4.69) is 0 Å². The molecule has 0 unspecified atom stereocenters. The van der Waals surface area contributed by atoms with Gasteiger partial charge in [0.25, 0.3) is 11.7 Å². The lowest BCUT2D eigenvalue weighted by Gasteiger charge is -2.16. The van der Waals surface area contributed by atoms with Crippen molar-refractivity contribution >= 4 is 17.4 Å². The molecular formula is C14H14F3NO3. The highest BCUT2D eigenvalue weighted by atomic mass is 19.4. The summed E-state index contributed by atoms with van der Waals surface area (Å²) < 4.78 is 43.1. The number of hydrogen-bond donors (Lipinski definition) is 0. The Balaban J connectivity index is 2.22. The van der Waals surface area contributed by atoms with E-state index in [1.54, 1.807) is 0 Å². The van der Waals surface area contributed by atoms with Gasteiger partial charge in [0.1, 0.15) is 0 Å². The summed E-state index contributed by atoms with van der Waals surface area (Å²) in [5.74, 6) is -1.73. The predicted molar refractivity (Wildman–Crippen MR) is 69.2 cm³/mol. The Morgan fingerprint density at radius 3 is 2.52 bits per heavy atom. The van der Waals surface area contributed by atoms with Gasteiger partial charge in [-0.15, -0.1) is 0 Å². The van der Waals surface area contributed by atoms with Crippen LogP contribution in [0.5, 0.6) is 0 Å². The third kappa shape index (κ3) is 3.07. The number of amides is 1. The zero-order chi connectivity index (χ0) is 15.6. The smallest absolute Gasteiger partial charge is 0.380 e. The second kappa shape index (κ2) is 5.85. The van der Waals surface area contributed by atoms with Gasteiger partial charge in [-0.1, -0.05) is 6.92 Å². The molecule has 1 aliphatic rings.